The summed E-state index contributed by atoms with van der Waals surface area (Å²) < 4.78 is 5.49. The van der Waals surface area contributed by atoms with E-state index in [1.807, 2.05) is 6.07 Å². The first-order valence-electron chi connectivity index (χ1n) is 7.54. The van der Waals surface area contributed by atoms with E-state index in [0.717, 1.165) is 32.3 Å². The fourth-order valence-electron chi connectivity index (χ4n) is 2.48. The van der Waals surface area contributed by atoms with Gasteiger partial charge in [0, 0.05) is 19.1 Å². The summed E-state index contributed by atoms with van der Waals surface area (Å²) in [7, 11) is 0. The molecule has 21 heavy (non-hydrogen) atoms. The fraction of sp³-hybridized carbons (Fsp3) is 0.500. The Hall–Kier alpha value is -1.88. The molecule has 1 aromatic rings. The summed E-state index contributed by atoms with van der Waals surface area (Å²) in [5, 5.41) is 5.73. The standard InChI is InChI=1S/C16H20N2O3/c19-15(11-7-8-11)18-14-6-2-1-5-13(14)16(20)17-10-12-4-3-9-21-12/h1-2,5-6,11-12H,3-4,7-10H2,(H,17,20)(H,18,19). The van der Waals surface area contributed by atoms with E-state index < -0.39 is 0 Å². The Kier molecular flexibility index (Phi) is 4.20. The highest BCUT2D eigenvalue weighted by Crippen LogP contribution is 2.30. The largest absolute Gasteiger partial charge is 0.376 e. The number of amides is 2. The molecule has 112 valence electrons. The lowest BCUT2D eigenvalue weighted by Gasteiger charge is -2.13. The van der Waals surface area contributed by atoms with Gasteiger partial charge in [-0.3, -0.25) is 9.59 Å². The lowest BCUT2D eigenvalue weighted by molar-refractivity contribution is -0.117. The van der Waals surface area contributed by atoms with Crippen LogP contribution in [0, 0.1) is 5.92 Å². The lowest BCUT2D eigenvalue weighted by Crippen LogP contribution is -2.32. The van der Waals surface area contributed by atoms with E-state index in [0.29, 0.717) is 17.8 Å². The van der Waals surface area contributed by atoms with Gasteiger partial charge in [0.15, 0.2) is 0 Å². The van der Waals surface area contributed by atoms with Gasteiger partial charge >= 0.3 is 0 Å². The van der Waals surface area contributed by atoms with Crippen LogP contribution in [0.25, 0.3) is 0 Å². The quantitative estimate of drug-likeness (QED) is 0.870. The second-order valence-corrected chi connectivity index (χ2v) is 5.65. The molecule has 1 aromatic carbocycles. The zero-order valence-corrected chi connectivity index (χ0v) is 11.9. The summed E-state index contributed by atoms with van der Waals surface area (Å²) in [5.41, 5.74) is 1.09. The number of rotatable bonds is 5. The van der Waals surface area contributed by atoms with Gasteiger partial charge in [-0.2, -0.15) is 0 Å². The smallest absolute Gasteiger partial charge is 0.253 e. The predicted octanol–water partition coefficient (Wildman–Crippen LogP) is 1.94. The van der Waals surface area contributed by atoms with Crippen LogP contribution in [0.3, 0.4) is 0 Å². The minimum absolute atomic E-state index is 0.00868. The third kappa shape index (κ3) is 3.61. The highest BCUT2D eigenvalue weighted by Gasteiger charge is 2.30. The maximum absolute atomic E-state index is 12.3. The van der Waals surface area contributed by atoms with Crippen molar-refractivity contribution in [1.29, 1.82) is 0 Å². The van der Waals surface area contributed by atoms with Crippen LogP contribution >= 0.6 is 0 Å². The Balaban J connectivity index is 1.62. The van der Waals surface area contributed by atoms with Crippen molar-refractivity contribution in [3.05, 3.63) is 29.8 Å². The molecule has 2 N–H and O–H groups in total. The molecule has 2 amide bonds. The lowest BCUT2D eigenvalue weighted by atomic mass is 10.1. The highest BCUT2D eigenvalue weighted by molar-refractivity contribution is 6.04. The molecule has 5 heteroatoms. The maximum Gasteiger partial charge on any atom is 0.253 e. The third-order valence-electron chi connectivity index (χ3n) is 3.89. The number of benzene rings is 1. The molecule has 3 rings (SSSR count). The number of para-hydroxylation sites is 1. The highest BCUT2D eigenvalue weighted by atomic mass is 16.5. The maximum atomic E-state index is 12.3. The number of carbonyl (C=O) groups is 2. The third-order valence-corrected chi connectivity index (χ3v) is 3.89. The van der Waals surface area contributed by atoms with Crippen LogP contribution in [0.1, 0.15) is 36.0 Å². The molecule has 0 bridgehead atoms. The van der Waals surface area contributed by atoms with Crippen molar-refractivity contribution in [2.24, 2.45) is 5.92 Å². The van der Waals surface area contributed by atoms with Gasteiger partial charge in [0.25, 0.3) is 5.91 Å². The first kappa shape index (κ1) is 14.1. The van der Waals surface area contributed by atoms with Crippen molar-refractivity contribution in [3.63, 3.8) is 0 Å². The van der Waals surface area contributed by atoms with Gasteiger partial charge in [-0.15, -0.1) is 0 Å². The van der Waals surface area contributed by atoms with Gasteiger partial charge in [-0.05, 0) is 37.8 Å². The van der Waals surface area contributed by atoms with Crippen molar-refractivity contribution >= 4 is 17.5 Å². The van der Waals surface area contributed by atoms with Crippen LogP contribution < -0.4 is 10.6 Å². The van der Waals surface area contributed by atoms with E-state index in [1.165, 1.54) is 0 Å². The molecule has 1 atom stereocenters. The van der Waals surface area contributed by atoms with Crippen molar-refractivity contribution in [2.45, 2.75) is 31.8 Å². The van der Waals surface area contributed by atoms with E-state index in [4.69, 9.17) is 4.74 Å². The first-order valence-corrected chi connectivity index (χ1v) is 7.54. The van der Waals surface area contributed by atoms with Crippen molar-refractivity contribution in [2.75, 3.05) is 18.5 Å². The van der Waals surface area contributed by atoms with Crippen LogP contribution in [-0.2, 0) is 9.53 Å². The Labute approximate surface area is 124 Å². The predicted molar refractivity (Wildman–Crippen MR) is 79.1 cm³/mol. The Morgan fingerprint density at radius 2 is 2.00 bits per heavy atom. The molecule has 1 saturated carbocycles. The second kappa shape index (κ2) is 6.26. The summed E-state index contributed by atoms with van der Waals surface area (Å²) >= 11 is 0. The van der Waals surface area contributed by atoms with Gasteiger partial charge in [-0.25, -0.2) is 0 Å². The van der Waals surface area contributed by atoms with E-state index >= 15 is 0 Å². The Bertz CT molecular complexity index is 534. The summed E-state index contributed by atoms with van der Waals surface area (Å²) in [6.07, 6.45) is 4.04. The van der Waals surface area contributed by atoms with E-state index in [2.05, 4.69) is 10.6 Å². The molecular formula is C16H20N2O3. The fourth-order valence-corrected chi connectivity index (χ4v) is 2.48. The van der Waals surface area contributed by atoms with E-state index in [-0.39, 0.29) is 23.8 Å². The van der Waals surface area contributed by atoms with Gasteiger partial charge in [-0.1, -0.05) is 12.1 Å². The number of hydrogen-bond donors (Lipinski definition) is 2. The molecule has 0 aromatic heterocycles. The SMILES string of the molecule is O=C(NCC1CCCO1)c1ccccc1NC(=O)C1CC1. The van der Waals surface area contributed by atoms with Crippen LogP contribution in [0.5, 0.6) is 0 Å². The van der Waals surface area contributed by atoms with Crippen LogP contribution in [0.15, 0.2) is 24.3 Å². The number of nitrogens with one attached hydrogen (secondary N) is 2. The zero-order chi connectivity index (χ0) is 14.7. The summed E-state index contributed by atoms with van der Waals surface area (Å²) in [6.45, 7) is 1.29. The van der Waals surface area contributed by atoms with Crippen molar-refractivity contribution in [3.8, 4) is 0 Å². The molecule has 0 spiro atoms. The molecule has 5 nitrogen and oxygen atoms in total. The van der Waals surface area contributed by atoms with Gasteiger partial charge in [0.05, 0.1) is 17.4 Å². The topological polar surface area (TPSA) is 67.4 Å². The number of carbonyl (C=O) groups excluding carboxylic acids is 2. The monoisotopic (exact) mass is 288 g/mol. The van der Waals surface area contributed by atoms with Crippen LogP contribution in [0.4, 0.5) is 5.69 Å². The van der Waals surface area contributed by atoms with Crippen molar-refractivity contribution in [1.82, 2.24) is 5.32 Å². The van der Waals surface area contributed by atoms with Gasteiger partial charge in [0.1, 0.15) is 0 Å². The molecule has 1 unspecified atom stereocenters. The minimum Gasteiger partial charge on any atom is -0.376 e. The average molecular weight is 288 g/mol. The van der Waals surface area contributed by atoms with Crippen molar-refractivity contribution < 1.29 is 14.3 Å². The second-order valence-electron chi connectivity index (χ2n) is 5.65. The van der Waals surface area contributed by atoms with E-state index in [1.54, 1.807) is 18.2 Å². The van der Waals surface area contributed by atoms with Gasteiger partial charge < -0.3 is 15.4 Å². The first-order chi connectivity index (χ1) is 10.2. The molecule has 0 radical (unpaired) electrons. The molecule has 1 saturated heterocycles. The minimum atomic E-state index is -0.169. The molecule has 1 aliphatic carbocycles. The molecular weight excluding hydrogens is 268 g/mol. The normalized spacial score (nSPS) is 21.0. The molecule has 1 heterocycles. The molecule has 1 aliphatic heterocycles. The number of hydrogen-bond acceptors (Lipinski definition) is 3. The summed E-state index contributed by atoms with van der Waals surface area (Å²) in [4.78, 5) is 24.1. The Morgan fingerprint density at radius 1 is 1.19 bits per heavy atom. The van der Waals surface area contributed by atoms with Gasteiger partial charge in [0.2, 0.25) is 5.91 Å². The average Bonchev–Trinajstić information content (AvgIpc) is 3.22. The Morgan fingerprint density at radius 3 is 2.71 bits per heavy atom. The zero-order valence-electron chi connectivity index (χ0n) is 11.9. The molecule has 2 fully saturated rings. The van der Waals surface area contributed by atoms with E-state index in [9.17, 15) is 9.59 Å². The van der Waals surface area contributed by atoms with Crippen LogP contribution in [-0.4, -0.2) is 31.1 Å². The van der Waals surface area contributed by atoms with Crippen LogP contribution in [0.2, 0.25) is 0 Å². The summed E-state index contributed by atoms with van der Waals surface area (Å²) in [5.74, 6) is -0.0421. The number of anilines is 1. The summed E-state index contributed by atoms with van der Waals surface area (Å²) in [6, 6.07) is 7.11. The number of ether oxygens (including phenoxy) is 1. The molecule has 2 aliphatic rings.